The summed E-state index contributed by atoms with van der Waals surface area (Å²) in [6.07, 6.45) is 0.299. The van der Waals surface area contributed by atoms with E-state index in [1.54, 1.807) is 33.2 Å². The highest BCUT2D eigenvalue weighted by atomic mass is 16.5. The second-order valence-corrected chi connectivity index (χ2v) is 5.18. The lowest BCUT2D eigenvalue weighted by Gasteiger charge is -2.12. The van der Waals surface area contributed by atoms with Crippen LogP contribution in [0.2, 0.25) is 0 Å². The first-order valence-electron chi connectivity index (χ1n) is 6.82. The minimum atomic E-state index is -0.156. The number of rotatable bonds is 7. The van der Waals surface area contributed by atoms with Crippen LogP contribution in [0.5, 0.6) is 5.75 Å². The summed E-state index contributed by atoms with van der Waals surface area (Å²) in [7, 11) is 3.35. The zero-order chi connectivity index (χ0) is 15.8. The predicted molar refractivity (Wildman–Crippen MR) is 80.7 cm³/mol. The van der Waals surface area contributed by atoms with Crippen molar-refractivity contribution in [1.82, 2.24) is 10.2 Å². The van der Waals surface area contributed by atoms with Gasteiger partial charge in [-0.15, -0.1) is 0 Å². The van der Waals surface area contributed by atoms with Gasteiger partial charge in [0.25, 0.3) is 5.91 Å². The van der Waals surface area contributed by atoms with E-state index in [1.165, 1.54) is 4.90 Å². The Hall–Kier alpha value is -2.08. The molecule has 0 fully saturated rings. The van der Waals surface area contributed by atoms with Crippen LogP contribution in [0, 0.1) is 0 Å². The van der Waals surface area contributed by atoms with Crippen molar-refractivity contribution < 1.29 is 14.3 Å². The second-order valence-electron chi connectivity index (χ2n) is 5.18. The van der Waals surface area contributed by atoms with Gasteiger partial charge in [-0.05, 0) is 24.6 Å². The lowest BCUT2D eigenvalue weighted by atomic mass is 10.2. The Morgan fingerprint density at radius 1 is 1.38 bits per heavy atom. The number of hydrogen-bond acceptors (Lipinski definition) is 4. The van der Waals surface area contributed by atoms with E-state index in [2.05, 4.69) is 5.32 Å². The first-order valence-corrected chi connectivity index (χ1v) is 6.82. The minimum Gasteiger partial charge on any atom is -0.484 e. The van der Waals surface area contributed by atoms with Crippen LogP contribution in [0.25, 0.3) is 0 Å². The average Bonchev–Trinajstić information content (AvgIpc) is 2.42. The number of carbonyl (C=O) groups is 2. The molecule has 0 spiro atoms. The van der Waals surface area contributed by atoms with E-state index in [4.69, 9.17) is 10.5 Å². The quantitative estimate of drug-likeness (QED) is 0.767. The summed E-state index contributed by atoms with van der Waals surface area (Å²) in [5.41, 5.74) is 6.47. The van der Waals surface area contributed by atoms with Crippen LogP contribution >= 0.6 is 0 Å². The normalized spacial score (nSPS) is 11.6. The average molecular weight is 293 g/mol. The van der Waals surface area contributed by atoms with Gasteiger partial charge >= 0.3 is 0 Å². The number of nitrogens with zero attached hydrogens (tertiary/aromatic N) is 1. The molecule has 0 aliphatic carbocycles. The largest absolute Gasteiger partial charge is 0.484 e. The predicted octanol–water partition coefficient (Wildman–Crippen LogP) is 0.507. The number of nitrogens with one attached hydrogen (secondary N) is 1. The molecule has 0 aromatic heterocycles. The number of benzene rings is 1. The van der Waals surface area contributed by atoms with Crippen LogP contribution in [-0.2, 0) is 16.1 Å². The maximum absolute atomic E-state index is 11.5. The van der Waals surface area contributed by atoms with Gasteiger partial charge in [0, 0.05) is 33.1 Å². The zero-order valence-electron chi connectivity index (χ0n) is 12.8. The second kappa shape index (κ2) is 8.26. The van der Waals surface area contributed by atoms with Crippen molar-refractivity contribution in [2.75, 3.05) is 20.7 Å². The molecule has 0 heterocycles. The van der Waals surface area contributed by atoms with Crippen LogP contribution in [0.1, 0.15) is 18.9 Å². The van der Waals surface area contributed by atoms with Gasteiger partial charge in [0.2, 0.25) is 5.91 Å². The van der Waals surface area contributed by atoms with Gasteiger partial charge in [-0.3, -0.25) is 9.59 Å². The molecule has 0 aliphatic heterocycles. The first kappa shape index (κ1) is 17.0. The number of amides is 2. The van der Waals surface area contributed by atoms with Crippen molar-refractivity contribution in [3.63, 3.8) is 0 Å². The molecule has 2 amide bonds. The number of carbonyl (C=O) groups excluding carboxylic acids is 2. The highest BCUT2D eigenvalue weighted by molar-refractivity contribution is 5.77. The van der Waals surface area contributed by atoms with E-state index < -0.39 is 0 Å². The Morgan fingerprint density at radius 2 is 2.10 bits per heavy atom. The number of nitrogens with two attached hydrogens (primary N) is 1. The highest BCUT2D eigenvalue weighted by Crippen LogP contribution is 2.13. The molecule has 6 nitrogen and oxygen atoms in total. The Balaban J connectivity index is 2.48. The summed E-state index contributed by atoms with van der Waals surface area (Å²) in [5.74, 6) is 0.411. The summed E-state index contributed by atoms with van der Waals surface area (Å²) in [6, 6.07) is 7.12. The van der Waals surface area contributed by atoms with E-state index >= 15 is 0 Å². The maximum Gasteiger partial charge on any atom is 0.259 e. The minimum absolute atomic E-state index is 0.00645. The van der Waals surface area contributed by atoms with Crippen molar-refractivity contribution in [2.45, 2.75) is 25.9 Å². The molecular formula is C15H23N3O3. The Kier molecular flexibility index (Phi) is 6.68. The number of likely N-dealkylation sites (N-methyl/N-ethyl adjacent to an activating group) is 1. The molecule has 1 unspecified atom stereocenters. The smallest absolute Gasteiger partial charge is 0.259 e. The molecule has 1 atom stereocenters. The molecule has 1 aromatic rings. The SMILES string of the molecule is CC(N)CC(=O)NCc1cccc(OCC(=O)N(C)C)c1. The van der Waals surface area contributed by atoms with Gasteiger partial charge in [-0.25, -0.2) is 0 Å². The van der Waals surface area contributed by atoms with E-state index in [-0.39, 0.29) is 24.5 Å². The van der Waals surface area contributed by atoms with Gasteiger partial charge in [0.05, 0.1) is 0 Å². The third kappa shape index (κ3) is 6.76. The summed E-state index contributed by atoms with van der Waals surface area (Å²) in [5, 5.41) is 2.79. The molecule has 116 valence electrons. The van der Waals surface area contributed by atoms with Gasteiger partial charge in [-0.1, -0.05) is 12.1 Å². The summed E-state index contributed by atoms with van der Waals surface area (Å²) in [4.78, 5) is 24.5. The van der Waals surface area contributed by atoms with Crippen LogP contribution < -0.4 is 15.8 Å². The third-order valence-corrected chi connectivity index (χ3v) is 2.76. The number of ether oxygens (including phenoxy) is 1. The number of hydrogen-bond donors (Lipinski definition) is 2. The van der Waals surface area contributed by atoms with E-state index in [1.807, 2.05) is 12.1 Å². The van der Waals surface area contributed by atoms with Crippen molar-refractivity contribution in [3.05, 3.63) is 29.8 Å². The molecule has 3 N–H and O–H groups in total. The molecule has 0 aliphatic rings. The van der Waals surface area contributed by atoms with Crippen LogP contribution in [-0.4, -0.2) is 43.5 Å². The van der Waals surface area contributed by atoms with Gasteiger partial charge < -0.3 is 20.7 Å². The zero-order valence-corrected chi connectivity index (χ0v) is 12.8. The van der Waals surface area contributed by atoms with Gasteiger partial charge in [0.15, 0.2) is 6.61 Å². The maximum atomic E-state index is 11.5. The Labute approximate surface area is 125 Å². The third-order valence-electron chi connectivity index (χ3n) is 2.76. The molecule has 0 radical (unpaired) electrons. The van der Waals surface area contributed by atoms with E-state index in [0.717, 1.165) is 5.56 Å². The molecule has 1 aromatic carbocycles. The molecule has 0 saturated heterocycles. The monoisotopic (exact) mass is 293 g/mol. The van der Waals surface area contributed by atoms with Crippen molar-refractivity contribution >= 4 is 11.8 Å². The van der Waals surface area contributed by atoms with Gasteiger partial charge in [0.1, 0.15) is 5.75 Å². The highest BCUT2D eigenvalue weighted by Gasteiger charge is 2.07. The summed E-state index contributed by atoms with van der Waals surface area (Å²) < 4.78 is 5.42. The lowest BCUT2D eigenvalue weighted by molar-refractivity contribution is -0.130. The Morgan fingerprint density at radius 3 is 2.71 bits per heavy atom. The van der Waals surface area contributed by atoms with E-state index in [0.29, 0.717) is 18.7 Å². The molecular weight excluding hydrogens is 270 g/mol. The van der Waals surface area contributed by atoms with Crippen molar-refractivity contribution in [3.8, 4) is 5.75 Å². The van der Waals surface area contributed by atoms with Crippen molar-refractivity contribution in [1.29, 1.82) is 0 Å². The molecule has 0 bridgehead atoms. The van der Waals surface area contributed by atoms with Crippen LogP contribution in [0.4, 0.5) is 0 Å². The first-order chi connectivity index (χ1) is 9.88. The van der Waals surface area contributed by atoms with Crippen LogP contribution in [0.3, 0.4) is 0 Å². The fourth-order valence-corrected chi connectivity index (χ4v) is 1.58. The standard InChI is InChI=1S/C15H23N3O3/c1-11(16)7-14(19)17-9-12-5-4-6-13(8-12)21-10-15(20)18(2)3/h4-6,8,11H,7,9-10,16H2,1-3H3,(H,17,19). The topological polar surface area (TPSA) is 84.7 Å². The molecule has 0 saturated carbocycles. The Bertz CT molecular complexity index is 487. The van der Waals surface area contributed by atoms with Crippen molar-refractivity contribution in [2.24, 2.45) is 5.73 Å². The van der Waals surface area contributed by atoms with Gasteiger partial charge in [-0.2, -0.15) is 0 Å². The molecule has 1 rings (SSSR count). The van der Waals surface area contributed by atoms with E-state index in [9.17, 15) is 9.59 Å². The van der Waals surface area contributed by atoms with Crippen LogP contribution in [0.15, 0.2) is 24.3 Å². The molecule has 6 heteroatoms. The summed E-state index contributed by atoms with van der Waals surface area (Å²) >= 11 is 0. The summed E-state index contributed by atoms with van der Waals surface area (Å²) in [6.45, 7) is 2.19. The molecule has 21 heavy (non-hydrogen) atoms. The fraction of sp³-hybridized carbons (Fsp3) is 0.467. The fourth-order valence-electron chi connectivity index (χ4n) is 1.58. The lowest BCUT2D eigenvalue weighted by Crippen LogP contribution is -2.29.